The van der Waals surface area contributed by atoms with Crippen LogP contribution >= 0.6 is 0 Å². The molecule has 0 unspecified atom stereocenters. The number of rotatable bonds is 3. The highest BCUT2D eigenvalue weighted by atomic mass is 16.4. The van der Waals surface area contributed by atoms with Crippen LogP contribution in [0.5, 0.6) is 0 Å². The van der Waals surface area contributed by atoms with E-state index < -0.39 is 0 Å². The van der Waals surface area contributed by atoms with Crippen LogP contribution < -0.4 is 11.1 Å². The zero-order valence-corrected chi connectivity index (χ0v) is 11.9. The van der Waals surface area contributed by atoms with Gasteiger partial charge < -0.3 is 16.3 Å². The molecule has 108 valence electrons. The Bertz CT molecular complexity index is 708. The van der Waals surface area contributed by atoms with Gasteiger partial charge in [0.05, 0.1) is 0 Å². The summed E-state index contributed by atoms with van der Waals surface area (Å²) in [6.45, 7) is 3.83. The molecule has 5 heteroatoms. The molecule has 21 heavy (non-hydrogen) atoms. The number of hydrogen-bond acceptors (Lipinski definition) is 3. The van der Waals surface area contributed by atoms with Gasteiger partial charge in [0.1, 0.15) is 0 Å². The third kappa shape index (κ3) is 3.39. The van der Waals surface area contributed by atoms with Crippen LogP contribution in [0.3, 0.4) is 0 Å². The second kappa shape index (κ2) is 6.09. The van der Waals surface area contributed by atoms with Gasteiger partial charge in [0, 0.05) is 16.8 Å². The number of hydrogen-bond donors (Lipinski definition) is 3. The van der Waals surface area contributed by atoms with Crippen molar-refractivity contribution in [3.05, 3.63) is 64.7 Å². The number of amidine groups is 1. The minimum absolute atomic E-state index is 0.00200. The molecule has 0 aliphatic heterocycles. The molecule has 5 nitrogen and oxygen atoms in total. The van der Waals surface area contributed by atoms with E-state index in [0.717, 1.165) is 11.1 Å². The lowest BCUT2D eigenvalue weighted by Crippen LogP contribution is -2.16. The van der Waals surface area contributed by atoms with Gasteiger partial charge in [0.2, 0.25) is 0 Å². The Kier molecular flexibility index (Phi) is 4.23. The van der Waals surface area contributed by atoms with Gasteiger partial charge in [-0.05, 0) is 37.6 Å². The Morgan fingerprint density at radius 2 is 1.95 bits per heavy atom. The van der Waals surface area contributed by atoms with Crippen molar-refractivity contribution in [1.29, 1.82) is 0 Å². The highest BCUT2D eigenvalue weighted by Crippen LogP contribution is 2.15. The van der Waals surface area contributed by atoms with Crippen molar-refractivity contribution in [2.75, 3.05) is 5.32 Å². The Labute approximate surface area is 123 Å². The molecule has 0 heterocycles. The van der Waals surface area contributed by atoms with E-state index >= 15 is 0 Å². The van der Waals surface area contributed by atoms with Gasteiger partial charge in [-0.15, -0.1) is 0 Å². The molecule has 4 N–H and O–H groups in total. The fraction of sp³-hybridized carbons (Fsp3) is 0.125. The van der Waals surface area contributed by atoms with E-state index in [2.05, 4.69) is 10.5 Å². The lowest BCUT2D eigenvalue weighted by Gasteiger charge is -2.09. The lowest BCUT2D eigenvalue weighted by molar-refractivity contribution is 0.102. The molecule has 0 aliphatic rings. The summed E-state index contributed by atoms with van der Waals surface area (Å²) in [5.41, 5.74) is 9.22. The SMILES string of the molecule is Cc1ccc(C)c(C(=O)Nc2cccc(/C(N)=N/O)c2)c1. The van der Waals surface area contributed by atoms with Gasteiger partial charge in [0.25, 0.3) is 5.91 Å². The van der Waals surface area contributed by atoms with Crippen molar-refractivity contribution in [2.24, 2.45) is 10.9 Å². The molecular weight excluding hydrogens is 266 g/mol. The Morgan fingerprint density at radius 3 is 2.67 bits per heavy atom. The number of amides is 1. The van der Waals surface area contributed by atoms with Crippen LogP contribution in [0.2, 0.25) is 0 Å². The zero-order valence-electron chi connectivity index (χ0n) is 11.9. The molecule has 1 amide bonds. The molecule has 2 aromatic rings. The summed E-state index contributed by atoms with van der Waals surface area (Å²) in [7, 11) is 0. The number of carbonyl (C=O) groups excluding carboxylic acids is 1. The van der Waals surface area contributed by atoms with Crippen LogP contribution in [0.4, 0.5) is 5.69 Å². The van der Waals surface area contributed by atoms with Crippen LogP contribution in [-0.4, -0.2) is 17.0 Å². The molecule has 0 bridgehead atoms. The van der Waals surface area contributed by atoms with E-state index in [1.807, 2.05) is 32.0 Å². The van der Waals surface area contributed by atoms with Gasteiger partial charge in [-0.2, -0.15) is 0 Å². The van der Waals surface area contributed by atoms with Crippen molar-refractivity contribution >= 4 is 17.4 Å². The third-order valence-corrected chi connectivity index (χ3v) is 3.16. The first-order chi connectivity index (χ1) is 10.0. The summed E-state index contributed by atoms with van der Waals surface area (Å²) < 4.78 is 0. The maximum Gasteiger partial charge on any atom is 0.255 e. The van der Waals surface area contributed by atoms with Crippen LogP contribution in [0, 0.1) is 13.8 Å². The summed E-state index contributed by atoms with van der Waals surface area (Å²) >= 11 is 0. The van der Waals surface area contributed by atoms with Crippen molar-refractivity contribution in [3.63, 3.8) is 0 Å². The van der Waals surface area contributed by atoms with E-state index in [1.54, 1.807) is 24.3 Å². The number of carbonyl (C=O) groups is 1. The summed E-state index contributed by atoms with van der Waals surface area (Å²) in [6.07, 6.45) is 0. The Morgan fingerprint density at radius 1 is 1.19 bits per heavy atom. The minimum atomic E-state index is -0.187. The van der Waals surface area contributed by atoms with Gasteiger partial charge in [0.15, 0.2) is 5.84 Å². The highest BCUT2D eigenvalue weighted by molar-refractivity contribution is 6.06. The van der Waals surface area contributed by atoms with Crippen molar-refractivity contribution in [1.82, 2.24) is 0 Å². The van der Waals surface area contributed by atoms with Crippen LogP contribution in [0.25, 0.3) is 0 Å². The monoisotopic (exact) mass is 283 g/mol. The van der Waals surface area contributed by atoms with E-state index in [9.17, 15) is 4.79 Å². The van der Waals surface area contributed by atoms with Crippen molar-refractivity contribution in [2.45, 2.75) is 13.8 Å². The maximum absolute atomic E-state index is 12.3. The van der Waals surface area contributed by atoms with E-state index in [-0.39, 0.29) is 11.7 Å². The molecule has 2 aromatic carbocycles. The van der Waals surface area contributed by atoms with Crippen LogP contribution in [0.1, 0.15) is 27.0 Å². The molecule has 0 radical (unpaired) electrons. The predicted molar refractivity (Wildman–Crippen MR) is 82.8 cm³/mol. The molecular formula is C16H17N3O2. The molecule has 2 rings (SSSR count). The van der Waals surface area contributed by atoms with Crippen molar-refractivity contribution < 1.29 is 10.0 Å². The number of nitrogens with zero attached hydrogens (tertiary/aromatic N) is 1. The zero-order chi connectivity index (χ0) is 15.4. The highest BCUT2D eigenvalue weighted by Gasteiger charge is 2.10. The van der Waals surface area contributed by atoms with Crippen molar-refractivity contribution in [3.8, 4) is 0 Å². The number of benzene rings is 2. The quantitative estimate of drug-likeness (QED) is 0.350. The summed E-state index contributed by atoms with van der Waals surface area (Å²) in [6, 6.07) is 12.5. The molecule has 0 saturated carbocycles. The summed E-state index contributed by atoms with van der Waals surface area (Å²) in [5, 5.41) is 14.4. The molecule has 0 atom stereocenters. The van der Waals surface area contributed by atoms with Gasteiger partial charge in [-0.25, -0.2) is 0 Å². The summed E-state index contributed by atoms with van der Waals surface area (Å²) in [4.78, 5) is 12.3. The third-order valence-electron chi connectivity index (χ3n) is 3.16. The predicted octanol–water partition coefficient (Wildman–Crippen LogP) is 2.65. The average molecular weight is 283 g/mol. The minimum Gasteiger partial charge on any atom is -0.409 e. The second-order valence-electron chi connectivity index (χ2n) is 4.84. The largest absolute Gasteiger partial charge is 0.409 e. The Hall–Kier alpha value is -2.82. The number of anilines is 1. The first-order valence-electron chi connectivity index (χ1n) is 6.48. The van der Waals surface area contributed by atoms with Crippen LogP contribution in [0.15, 0.2) is 47.6 Å². The lowest BCUT2D eigenvalue weighted by atomic mass is 10.0. The second-order valence-corrected chi connectivity index (χ2v) is 4.84. The van der Waals surface area contributed by atoms with Gasteiger partial charge in [-0.3, -0.25) is 4.79 Å². The normalized spacial score (nSPS) is 11.2. The van der Waals surface area contributed by atoms with E-state index in [1.165, 1.54) is 0 Å². The fourth-order valence-electron chi connectivity index (χ4n) is 1.99. The number of aryl methyl sites for hydroxylation is 2. The molecule has 0 aliphatic carbocycles. The van der Waals surface area contributed by atoms with Gasteiger partial charge >= 0.3 is 0 Å². The van der Waals surface area contributed by atoms with E-state index in [4.69, 9.17) is 10.9 Å². The Balaban J connectivity index is 2.26. The van der Waals surface area contributed by atoms with Crippen LogP contribution in [-0.2, 0) is 0 Å². The molecule has 0 fully saturated rings. The fourth-order valence-corrected chi connectivity index (χ4v) is 1.99. The number of oxime groups is 1. The molecule has 0 aromatic heterocycles. The topological polar surface area (TPSA) is 87.7 Å². The number of nitrogens with one attached hydrogen (secondary N) is 1. The first-order valence-corrected chi connectivity index (χ1v) is 6.48. The van der Waals surface area contributed by atoms with Gasteiger partial charge in [-0.1, -0.05) is 35.0 Å². The molecule has 0 spiro atoms. The average Bonchev–Trinajstić information content (AvgIpc) is 2.49. The molecule has 0 saturated heterocycles. The first kappa shape index (κ1) is 14.6. The smallest absolute Gasteiger partial charge is 0.255 e. The summed E-state index contributed by atoms with van der Waals surface area (Å²) in [5.74, 6) is -0.189. The van der Waals surface area contributed by atoms with E-state index in [0.29, 0.717) is 16.8 Å². The standard InChI is InChI=1S/C16H17N3O2/c1-10-6-7-11(2)14(8-10)16(20)18-13-5-3-4-12(9-13)15(17)19-21/h3-9,21H,1-2H3,(H2,17,19)(H,18,20). The number of nitrogens with two attached hydrogens (primary N) is 1. The maximum atomic E-state index is 12.3.